The monoisotopic (exact) mass is 380 g/mol. The van der Waals surface area contributed by atoms with E-state index in [-0.39, 0.29) is 0 Å². The molecule has 1 N–H and O–H groups in total. The predicted octanol–water partition coefficient (Wildman–Crippen LogP) is 2.72. The second-order valence-electron chi connectivity index (χ2n) is 5.00. The molecule has 0 amide bonds. The minimum Gasteiger partial charge on any atom is -0.319 e. The van der Waals surface area contributed by atoms with Crippen molar-refractivity contribution in [3.63, 3.8) is 0 Å². The first-order chi connectivity index (χ1) is 9.45. The van der Waals surface area contributed by atoms with E-state index in [1.54, 1.807) is 22.5 Å². The van der Waals surface area contributed by atoms with Gasteiger partial charge in [-0.2, -0.15) is 4.31 Å². The standard InChI is InChI=1S/C13H18BrClN2O2S/c1-16-8-10-3-2-6-17(9-10)20(18,19)11-4-5-13(15)12(14)7-11/h4-5,7,10,16H,2-3,6,8-9H2,1H3. The van der Waals surface area contributed by atoms with Crippen molar-refractivity contribution in [1.82, 2.24) is 9.62 Å². The zero-order valence-corrected chi connectivity index (χ0v) is 14.4. The molecule has 0 bridgehead atoms. The summed E-state index contributed by atoms with van der Waals surface area (Å²) in [7, 11) is -1.54. The van der Waals surface area contributed by atoms with Gasteiger partial charge in [0, 0.05) is 17.6 Å². The maximum absolute atomic E-state index is 12.6. The van der Waals surface area contributed by atoms with Gasteiger partial charge in [0.1, 0.15) is 0 Å². The van der Waals surface area contributed by atoms with Crippen molar-refractivity contribution in [2.75, 3.05) is 26.7 Å². The molecular formula is C13H18BrClN2O2S. The average Bonchev–Trinajstić information content (AvgIpc) is 2.42. The van der Waals surface area contributed by atoms with Crippen LogP contribution in [0.3, 0.4) is 0 Å². The Morgan fingerprint density at radius 3 is 2.90 bits per heavy atom. The number of halogens is 2. The van der Waals surface area contributed by atoms with Gasteiger partial charge in [0.2, 0.25) is 10.0 Å². The summed E-state index contributed by atoms with van der Waals surface area (Å²) in [6.45, 7) is 2.00. The number of piperidine rings is 1. The Kier molecular flexibility index (Phi) is 5.48. The minimum absolute atomic E-state index is 0.291. The van der Waals surface area contributed by atoms with Gasteiger partial charge in [-0.25, -0.2) is 8.42 Å². The van der Waals surface area contributed by atoms with E-state index < -0.39 is 10.0 Å². The van der Waals surface area contributed by atoms with Crippen LogP contribution in [0, 0.1) is 5.92 Å². The summed E-state index contributed by atoms with van der Waals surface area (Å²) in [6.07, 6.45) is 1.97. The molecule has 1 fully saturated rings. The van der Waals surface area contributed by atoms with Crippen LogP contribution in [0.5, 0.6) is 0 Å². The SMILES string of the molecule is CNCC1CCCN(S(=O)(=O)c2ccc(Cl)c(Br)c2)C1. The van der Waals surface area contributed by atoms with Crippen LogP contribution in [0.4, 0.5) is 0 Å². The zero-order chi connectivity index (χ0) is 14.8. The van der Waals surface area contributed by atoms with Crippen molar-refractivity contribution in [2.24, 2.45) is 5.92 Å². The van der Waals surface area contributed by atoms with Gasteiger partial charge in [-0.05, 0) is 66.5 Å². The topological polar surface area (TPSA) is 49.4 Å². The highest BCUT2D eigenvalue weighted by Crippen LogP contribution is 2.28. The van der Waals surface area contributed by atoms with Gasteiger partial charge in [-0.3, -0.25) is 0 Å². The van der Waals surface area contributed by atoms with Crippen LogP contribution in [-0.4, -0.2) is 39.4 Å². The van der Waals surface area contributed by atoms with Crippen LogP contribution >= 0.6 is 27.5 Å². The van der Waals surface area contributed by atoms with Crippen LogP contribution in [0.15, 0.2) is 27.6 Å². The van der Waals surface area contributed by atoms with Crippen LogP contribution in [0.1, 0.15) is 12.8 Å². The average molecular weight is 382 g/mol. The lowest BCUT2D eigenvalue weighted by Gasteiger charge is -2.31. The molecule has 112 valence electrons. The molecule has 2 rings (SSSR count). The molecule has 1 atom stereocenters. The van der Waals surface area contributed by atoms with Crippen LogP contribution in [-0.2, 0) is 10.0 Å². The first kappa shape index (κ1) is 16.2. The lowest BCUT2D eigenvalue weighted by Crippen LogP contribution is -2.42. The van der Waals surface area contributed by atoms with Gasteiger partial charge in [0.05, 0.1) is 9.92 Å². The van der Waals surface area contributed by atoms with Gasteiger partial charge >= 0.3 is 0 Å². The Labute approximate surface area is 133 Å². The molecule has 1 aromatic carbocycles. The maximum atomic E-state index is 12.6. The summed E-state index contributed by atoms with van der Waals surface area (Å²) in [5.74, 6) is 0.374. The normalized spacial score (nSPS) is 21.1. The summed E-state index contributed by atoms with van der Waals surface area (Å²) < 4.78 is 27.5. The van der Waals surface area contributed by atoms with Crippen LogP contribution in [0.25, 0.3) is 0 Å². The number of sulfonamides is 1. The van der Waals surface area contributed by atoms with Crippen molar-refractivity contribution in [2.45, 2.75) is 17.7 Å². The quantitative estimate of drug-likeness (QED) is 0.872. The highest BCUT2D eigenvalue weighted by atomic mass is 79.9. The Morgan fingerprint density at radius 2 is 2.25 bits per heavy atom. The van der Waals surface area contributed by atoms with Gasteiger partial charge < -0.3 is 5.32 Å². The van der Waals surface area contributed by atoms with Crippen LogP contribution in [0.2, 0.25) is 5.02 Å². The molecule has 1 aliphatic heterocycles. The first-order valence-corrected chi connectivity index (χ1v) is 9.16. The number of nitrogens with zero attached hydrogens (tertiary/aromatic N) is 1. The summed E-state index contributed by atoms with van der Waals surface area (Å²) in [5.41, 5.74) is 0. The van der Waals surface area contributed by atoms with Gasteiger partial charge in [0.25, 0.3) is 0 Å². The fraction of sp³-hybridized carbons (Fsp3) is 0.538. The van der Waals surface area contributed by atoms with Gasteiger partial charge in [-0.15, -0.1) is 0 Å². The molecule has 20 heavy (non-hydrogen) atoms. The van der Waals surface area contributed by atoms with E-state index in [0.717, 1.165) is 19.4 Å². The van der Waals surface area contributed by atoms with Crippen molar-refractivity contribution >= 4 is 37.6 Å². The second kappa shape index (κ2) is 6.75. The molecule has 4 nitrogen and oxygen atoms in total. The van der Waals surface area contributed by atoms with E-state index in [4.69, 9.17) is 11.6 Å². The largest absolute Gasteiger partial charge is 0.319 e. The molecule has 0 aromatic heterocycles. The lowest BCUT2D eigenvalue weighted by atomic mass is 10.00. The second-order valence-corrected chi connectivity index (χ2v) is 8.20. The molecule has 1 saturated heterocycles. The third-order valence-corrected chi connectivity index (χ3v) is 6.58. The van der Waals surface area contributed by atoms with Crippen molar-refractivity contribution < 1.29 is 8.42 Å². The van der Waals surface area contributed by atoms with Crippen molar-refractivity contribution in [3.05, 3.63) is 27.7 Å². The Balaban J connectivity index is 2.23. The van der Waals surface area contributed by atoms with Crippen molar-refractivity contribution in [1.29, 1.82) is 0 Å². The lowest BCUT2D eigenvalue weighted by molar-refractivity contribution is 0.263. The van der Waals surface area contributed by atoms with E-state index in [1.165, 1.54) is 0 Å². The fourth-order valence-corrected chi connectivity index (χ4v) is 4.72. The molecule has 0 spiro atoms. The summed E-state index contributed by atoms with van der Waals surface area (Å²) in [6, 6.07) is 4.73. The Morgan fingerprint density at radius 1 is 1.50 bits per heavy atom. The fourth-order valence-electron chi connectivity index (χ4n) is 2.49. The Bertz CT molecular complexity index is 578. The van der Waals surface area contributed by atoms with Crippen LogP contribution < -0.4 is 5.32 Å². The molecule has 0 saturated carbocycles. The smallest absolute Gasteiger partial charge is 0.243 e. The highest BCUT2D eigenvalue weighted by molar-refractivity contribution is 9.10. The summed E-state index contributed by atoms with van der Waals surface area (Å²) in [5, 5.41) is 3.63. The van der Waals surface area contributed by atoms with Crippen molar-refractivity contribution in [3.8, 4) is 0 Å². The van der Waals surface area contributed by atoms with Gasteiger partial charge in [0.15, 0.2) is 0 Å². The molecule has 7 heteroatoms. The predicted molar refractivity (Wildman–Crippen MR) is 84.6 cm³/mol. The minimum atomic E-state index is -3.44. The molecule has 1 aliphatic rings. The number of hydrogen-bond donors (Lipinski definition) is 1. The van der Waals surface area contributed by atoms with Gasteiger partial charge in [-0.1, -0.05) is 11.6 Å². The number of nitrogens with one attached hydrogen (secondary N) is 1. The number of benzene rings is 1. The third kappa shape index (κ3) is 3.54. The van der Waals surface area contributed by atoms with E-state index >= 15 is 0 Å². The molecule has 1 heterocycles. The molecule has 1 aromatic rings. The summed E-state index contributed by atoms with van der Waals surface area (Å²) >= 11 is 9.19. The molecule has 0 aliphatic carbocycles. The van der Waals surface area contributed by atoms with E-state index in [9.17, 15) is 8.42 Å². The van der Waals surface area contributed by atoms with E-state index in [0.29, 0.717) is 33.4 Å². The number of rotatable bonds is 4. The molecular weight excluding hydrogens is 364 g/mol. The van der Waals surface area contributed by atoms with E-state index in [2.05, 4.69) is 21.2 Å². The highest BCUT2D eigenvalue weighted by Gasteiger charge is 2.30. The summed E-state index contributed by atoms with van der Waals surface area (Å²) in [4.78, 5) is 0.291. The Hall–Kier alpha value is -0.140. The number of hydrogen-bond acceptors (Lipinski definition) is 3. The molecule has 0 radical (unpaired) electrons. The zero-order valence-electron chi connectivity index (χ0n) is 11.3. The van der Waals surface area contributed by atoms with E-state index in [1.807, 2.05) is 7.05 Å². The first-order valence-electron chi connectivity index (χ1n) is 6.55. The third-order valence-electron chi connectivity index (χ3n) is 3.50. The molecule has 1 unspecified atom stereocenters. The maximum Gasteiger partial charge on any atom is 0.243 e.